The van der Waals surface area contributed by atoms with Crippen LogP contribution in [0.4, 0.5) is 5.69 Å². The summed E-state index contributed by atoms with van der Waals surface area (Å²) < 4.78 is 31.7. The molecule has 1 aliphatic heterocycles. The van der Waals surface area contributed by atoms with E-state index < -0.39 is 16.0 Å². The third-order valence-electron chi connectivity index (χ3n) is 3.65. The van der Waals surface area contributed by atoms with Crippen LogP contribution in [-0.4, -0.2) is 38.9 Å². The molecule has 0 bridgehead atoms. The van der Waals surface area contributed by atoms with Gasteiger partial charge >= 0.3 is 5.97 Å². The molecule has 0 aromatic heterocycles. The van der Waals surface area contributed by atoms with Crippen molar-refractivity contribution in [2.24, 2.45) is 5.92 Å². The lowest BCUT2D eigenvalue weighted by Crippen LogP contribution is -2.39. The zero-order valence-corrected chi connectivity index (χ0v) is 13.0. The number of methoxy groups -OCH3 is 1. The summed E-state index contributed by atoms with van der Waals surface area (Å²) in [4.78, 5) is 11.7. The van der Waals surface area contributed by atoms with Crippen molar-refractivity contribution in [3.05, 3.63) is 23.8 Å². The number of hydrogen-bond donors (Lipinski definition) is 1. The molecule has 1 aromatic rings. The molecule has 6 nitrogen and oxygen atoms in total. The monoisotopic (exact) mass is 312 g/mol. The lowest BCUT2D eigenvalue weighted by Gasteiger charge is -2.30. The summed E-state index contributed by atoms with van der Waals surface area (Å²) in [6.45, 7) is 2.93. The van der Waals surface area contributed by atoms with Crippen LogP contribution in [0, 0.1) is 5.92 Å². The average molecular weight is 312 g/mol. The number of sulfonamides is 1. The number of anilines is 1. The molecule has 1 atom stereocenters. The SMILES string of the molecule is COC(=O)c1ccc(N)cc1S(=O)(=O)N1CCCC(C)C1. The molecule has 1 unspecified atom stereocenters. The normalized spacial score (nSPS) is 20.2. The maximum atomic E-state index is 12.8. The van der Waals surface area contributed by atoms with Crippen LogP contribution in [-0.2, 0) is 14.8 Å². The van der Waals surface area contributed by atoms with Crippen molar-refractivity contribution < 1.29 is 17.9 Å². The van der Waals surface area contributed by atoms with Crippen LogP contribution in [0.3, 0.4) is 0 Å². The van der Waals surface area contributed by atoms with Crippen LogP contribution in [0.25, 0.3) is 0 Å². The number of ether oxygens (including phenoxy) is 1. The first kappa shape index (κ1) is 15.8. The minimum atomic E-state index is -3.75. The van der Waals surface area contributed by atoms with Gasteiger partial charge in [-0.05, 0) is 37.0 Å². The second kappa shape index (κ2) is 6.03. The van der Waals surface area contributed by atoms with E-state index in [2.05, 4.69) is 4.74 Å². The highest BCUT2D eigenvalue weighted by atomic mass is 32.2. The first-order valence-electron chi connectivity index (χ1n) is 6.84. The maximum Gasteiger partial charge on any atom is 0.339 e. The molecule has 2 N–H and O–H groups in total. The molecule has 7 heteroatoms. The lowest BCUT2D eigenvalue weighted by atomic mass is 10.0. The number of piperidine rings is 1. The number of carbonyl (C=O) groups excluding carboxylic acids is 1. The summed E-state index contributed by atoms with van der Waals surface area (Å²) in [5.74, 6) is -0.380. The predicted octanol–water partition coefficient (Wildman–Crippen LogP) is 1.48. The van der Waals surface area contributed by atoms with Gasteiger partial charge in [0.25, 0.3) is 0 Å². The molecule has 0 saturated carbocycles. The summed E-state index contributed by atoms with van der Waals surface area (Å²) in [6.07, 6.45) is 1.82. The summed E-state index contributed by atoms with van der Waals surface area (Å²) in [5, 5.41) is 0. The van der Waals surface area contributed by atoms with Gasteiger partial charge in [-0.3, -0.25) is 0 Å². The highest BCUT2D eigenvalue weighted by Gasteiger charge is 2.32. The average Bonchev–Trinajstić information content (AvgIpc) is 2.46. The van der Waals surface area contributed by atoms with Gasteiger partial charge < -0.3 is 10.5 Å². The molecule has 1 saturated heterocycles. The van der Waals surface area contributed by atoms with Crippen LogP contribution in [0.15, 0.2) is 23.1 Å². The first-order valence-corrected chi connectivity index (χ1v) is 8.28. The van der Waals surface area contributed by atoms with Crippen molar-refractivity contribution >= 4 is 21.7 Å². The van der Waals surface area contributed by atoms with Gasteiger partial charge in [0.05, 0.1) is 17.6 Å². The second-order valence-electron chi connectivity index (χ2n) is 5.36. The Balaban J connectivity index is 2.48. The van der Waals surface area contributed by atoms with Crippen LogP contribution >= 0.6 is 0 Å². The first-order chi connectivity index (χ1) is 9.86. The largest absolute Gasteiger partial charge is 0.465 e. The summed E-state index contributed by atoms with van der Waals surface area (Å²) in [7, 11) is -2.53. The molecule has 116 valence electrons. The number of nitrogen functional groups attached to an aromatic ring is 1. The lowest BCUT2D eigenvalue weighted by molar-refractivity contribution is 0.0596. The van der Waals surface area contributed by atoms with Gasteiger partial charge in [-0.15, -0.1) is 0 Å². The Hall–Kier alpha value is -1.60. The topological polar surface area (TPSA) is 89.7 Å². The number of carbonyl (C=O) groups is 1. The minimum absolute atomic E-state index is 0.0185. The fourth-order valence-electron chi connectivity index (χ4n) is 2.53. The Morgan fingerprint density at radius 2 is 2.14 bits per heavy atom. The van der Waals surface area contributed by atoms with Crippen molar-refractivity contribution in [3.8, 4) is 0 Å². The number of benzene rings is 1. The van der Waals surface area contributed by atoms with Gasteiger partial charge in [0.1, 0.15) is 0 Å². The zero-order chi connectivity index (χ0) is 15.6. The Morgan fingerprint density at radius 1 is 1.43 bits per heavy atom. The Labute approximate surface area is 124 Å². The van der Waals surface area contributed by atoms with E-state index in [4.69, 9.17) is 5.73 Å². The van der Waals surface area contributed by atoms with E-state index in [-0.39, 0.29) is 10.5 Å². The smallest absolute Gasteiger partial charge is 0.339 e. The fourth-order valence-corrected chi connectivity index (χ4v) is 4.35. The van der Waals surface area contributed by atoms with Gasteiger partial charge in [-0.1, -0.05) is 6.92 Å². The van der Waals surface area contributed by atoms with Gasteiger partial charge in [0.15, 0.2) is 0 Å². The Kier molecular flexibility index (Phi) is 4.53. The van der Waals surface area contributed by atoms with Crippen LogP contribution in [0.5, 0.6) is 0 Å². The molecule has 21 heavy (non-hydrogen) atoms. The number of hydrogen-bond acceptors (Lipinski definition) is 5. The quantitative estimate of drug-likeness (QED) is 0.674. The van der Waals surface area contributed by atoms with Gasteiger partial charge in [-0.2, -0.15) is 4.31 Å². The standard InChI is InChI=1S/C14H20N2O4S/c1-10-4-3-7-16(9-10)21(18,19)13-8-11(15)5-6-12(13)14(17)20-2/h5-6,8,10H,3-4,7,9,15H2,1-2H3. The molecule has 0 aliphatic carbocycles. The van der Waals surface area contributed by atoms with Crippen molar-refractivity contribution in [1.82, 2.24) is 4.31 Å². The zero-order valence-electron chi connectivity index (χ0n) is 12.2. The predicted molar refractivity (Wildman–Crippen MR) is 79.4 cm³/mol. The molecule has 1 fully saturated rings. The van der Waals surface area contributed by atoms with E-state index in [0.29, 0.717) is 24.7 Å². The van der Waals surface area contributed by atoms with Crippen LogP contribution in [0.2, 0.25) is 0 Å². The molecule has 0 amide bonds. The highest BCUT2D eigenvalue weighted by molar-refractivity contribution is 7.89. The number of esters is 1. The van der Waals surface area contributed by atoms with Gasteiger partial charge in [-0.25, -0.2) is 13.2 Å². The molecular weight excluding hydrogens is 292 g/mol. The summed E-state index contributed by atoms with van der Waals surface area (Å²) in [6, 6.07) is 4.20. The number of nitrogens with zero attached hydrogens (tertiary/aromatic N) is 1. The maximum absolute atomic E-state index is 12.8. The van der Waals surface area contributed by atoms with E-state index in [1.807, 2.05) is 6.92 Å². The van der Waals surface area contributed by atoms with E-state index >= 15 is 0 Å². The van der Waals surface area contributed by atoms with Crippen LogP contribution < -0.4 is 5.73 Å². The van der Waals surface area contributed by atoms with Crippen molar-refractivity contribution in [1.29, 1.82) is 0 Å². The van der Waals surface area contributed by atoms with Gasteiger partial charge in [0, 0.05) is 18.8 Å². The molecule has 2 rings (SSSR count). The second-order valence-corrected chi connectivity index (χ2v) is 7.26. The molecule has 0 radical (unpaired) electrons. The van der Waals surface area contributed by atoms with Crippen molar-refractivity contribution in [2.75, 3.05) is 25.9 Å². The van der Waals surface area contributed by atoms with E-state index in [9.17, 15) is 13.2 Å². The van der Waals surface area contributed by atoms with Crippen molar-refractivity contribution in [2.45, 2.75) is 24.7 Å². The summed E-state index contributed by atoms with van der Waals surface area (Å²) in [5.41, 5.74) is 6.00. The molecule has 1 aromatic carbocycles. The molecule has 1 aliphatic rings. The van der Waals surface area contributed by atoms with Gasteiger partial charge in [0.2, 0.25) is 10.0 Å². The van der Waals surface area contributed by atoms with E-state index in [0.717, 1.165) is 12.8 Å². The van der Waals surface area contributed by atoms with Crippen LogP contribution in [0.1, 0.15) is 30.1 Å². The van der Waals surface area contributed by atoms with E-state index in [1.165, 1.54) is 29.6 Å². The Bertz CT molecular complexity index is 642. The third-order valence-corrected chi connectivity index (χ3v) is 5.55. The molecule has 0 spiro atoms. The summed E-state index contributed by atoms with van der Waals surface area (Å²) >= 11 is 0. The molecule has 1 heterocycles. The van der Waals surface area contributed by atoms with Crippen molar-refractivity contribution in [3.63, 3.8) is 0 Å². The Morgan fingerprint density at radius 3 is 2.76 bits per heavy atom. The highest BCUT2D eigenvalue weighted by Crippen LogP contribution is 2.27. The fraction of sp³-hybridized carbons (Fsp3) is 0.500. The molecular formula is C14H20N2O4S. The number of rotatable bonds is 3. The number of nitrogens with two attached hydrogens (primary N) is 1. The minimum Gasteiger partial charge on any atom is -0.465 e. The van der Waals surface area contributed by atoms with E-state index in [1.54, 1.807) is 0 Å². The third kappa shape index (κ3) is 3.19.